The Morgan fingerprint density at radius 1 is 1.05 bits per heavy atom. The van der Waals surface area contributed by atoms with Crippen LogP contribution in [0.5, 0.6) is 0 Å². The Morgan fingerprint density at radius 3 is 2.25 bits per heavy atom. The summed E-state index contributed by atoms with van der Waals surface area (Å²) < 4.78 is 0. The van der Waals surface area contributed by atoms with Gasteiger partial charge in [0.05, 0.1) is 5.69 Å². The van der Waals surface area contributed by atoms with Crippen LogP contribution in [0.2, 0.25) is 0 Å². The van der Waals surface area contributed by atoms with Crippen molar-refractivity contribution in [3.8, 4) is 11.3 Å². The molecule has 0 spiro atoms. The summed E-state index contributed by atoms with van der Waals surface area (Å²) >= 11 is 0. The maximum Gasteiger partial charge on any atom is 0.254 e. The maximum absolute atomic E-state index is 12.1. The van der Waals surface area contributed by atoms with Crippen LogP contribution < -0.4 is 5.56 Å². The highest BCUT2D eigenvalue weighted by Gasteiger charge is 2.19. The van der Waals surface area contributed by atoms with Crippen molar-refractivity contribution in [2.75, 3.05) is 0 Å². The molecular weight excluding hydrogens is 248 g/mol. The van der Waals surface area contributed by atoms with Crippen molar-refractivity contribution >= 4 is 0 Å². The lowest BCUT2D eigenvalue weighted by Gasteiger charge is -2.19. The van der Waals surface area contributed by atoms with Crippen LogP contribution in [0.15, 0.2) is 23.0 Å². The molecule has 0 aliphatic heterocycles. The summed E-state index contributed by atoms with van der Waals surface area (Å²) in [6.07, 6.45) is 0. The highest BCUT2D eigenvalue weighted by Crippen LogP contribution is 2.25. The first-order valence-corrected chi connectivity index (χ1v) is 6.89. The number of hydrogen-bond donors (Lipinski definition) is 1. The van der Waals surface area contributed by atoms with E-state index in [-0.39, 0.29) is 11.0 Å². The SMILES string of the molecule is Cc1ccc(-c2nc(C(C)(C)C)[nH]c(=O)c2C)cc1C. The lowest BCUT2D eigenvalue weighted by molar-refractivity contribution is 0.542. The van der Waals surface area contributed by atoms with E-state index in [9.17, 15) is 4.79 Å². The molecule has 1 aromatic carbocycles. The molecule has 1 N–H and O–H groups in total. The molecule has 0 amide bonds. The fraction of sp³-hybridized carbons (Fsp3) is 0.412. The lowest BCUT2D eigenvalue weighted by atomic mass is 9.94. The number of aryl methyl sites for hydroxylation is 2. The minimum atomic E-state index is -0.179. The number of rotatable bonds is 1. The zero-order valence-electron chi connectivity index (χ0n) is 13.1. The number of aromatic nitrogens is 2. The van der Waals surface area contributed by atoms with Gasteiger partial charge in [-0.15, -0.1) is 0 Å². The second-order valence-corrected chi connectivity index (χ2v) is 6.44. The predicted octanol–water partition coefficient (Wildman–Crippen LogP) is 3.66. The van der Waals surface area contributed by atoms with Crippen molar-refractivity contribution in [2.24, 2.45) is 0 Å². The fourth-order valence-corrected chi connectivity index (χ4v) is 2.06. The minimum Gasteiger partial charge on any atom is -0.310 e. The lowest BCUT2D eigenvalue weighted by Crippen LogP contribution is -2.24. The molecule has 2 aromatic rings. The zero-order chi connectivity index (χ0) is 15.1. The number of benzene rings is 1. The minimum absolute atomic E-state index is 0.0573. The van der Waals surface area contributed by atoms with Gasteiger partial charge in [0.1, 0.15) is 5.82 Å². The van der Waals surface area contributed by atoms with Crippen LogP contribution in [-0.4, -0.2) is 9.97 Å². The van der Waals surface area contributed by atoms with Crippen LogP contribution in [-0.2, 0) is 5.41 Å². The van der Waals surface area contributed by atoms with Gasteiger partial charge >= 0.3 is 0 Å². The molecule has 3 nitrogen and oxygen atoms in total. The van der Waals surface area contributed by atoms with Gasteiger partial charge in [-0.05, 0) is 38.0 Å². The number of nitrogens with zero attached hydrogens (tertiary/aromatic N) is 1. The molecule has 0 saturated heterocycles. The summed E-state index contributed by atoms with van der Waals surface area (Å²) in [6, 6.07) is 6.20. The summed E-state index contributed by atoms with van der Waals surface area (Å²) in [5.74, 6) is 0.723. The number of H-pyrrole nitrogens is 1. The normalized spacial score (nSPS) is 11.7. The summed E-state index contributed by atoms with van der Waals surface area (Å²) in [6.45, 7) is 12.1. The molecule has 2 rings (SSSR count). The van der Waals surface area contributed by atoms with E-state index in [0.29, 0.717) is 5.56 Å². The van der Waals surface area contributed by atoms with Crippen molar-refractivity contribution in [1.29, 1.82) is 0 Å². The van der Waals surface area contributed by atoms with Gasteiger partial charge in [0, 0.05) is 16.5 Å². The van der Waals surface area contributed by atoms with Gasteiger partial charge in [0.25, 0.3) is 5.56 Å². The van der Waals surface area contributed by atoms with E-state index in [2.05, 4.69) is 35.9 Å². The average Bonchev–Trinajstić information content (AvgIpc) is 2.34. The molecule has 0 aliphatic rings. The topological polar surface area (TPSA) is 45.8 Å². The Balaban J connectivity index is 2.70. The van der Waals surface area contributed by atoms with Gasteiger partial charge in [0.15, 0.2) is 0 Å². The van der Waals surface area contributed by atoms with Crippen molar-refractivity contribution in [3.05, 3.63) is 51.1 Å². The van der Waals surface area contributed by atoms with Gasteiger partial charge < -0.3 is 4.98 Å². The Morgan fingerprint density at radius 2 is 1.70 bits per heavy atom. The average molecular weight is 270 g/mol. The second kappa shape index (κ2) is 4.89. The largest absolute Gasteiger partial charge is 0.310 e. The molecule has 3 heteroatoms. The van der Waals surface area contributed by atoms with E-state index in [1.165, 1.54) is 11.1 Å². The standard InChI is InChI=1S/C17H22N2O/c1-10-7-8-13(9-11(10)2)14-12(3)15(20)19-16(18-14)17(4,5)6/h7-9H,1-6H3,(H,18,19,20). The molecule has 1 heterocycles. The van der Waals surface area contributed by atoms with Crippen molar-refractivity contribution in [1.82, 2.24) is 9.97 Å². The molecule has 0 aliphatic carbocycles. The number of nitrogens with one attached hydrogen (secondary N) is 1. The van der Waals surface area contributed by atoms with Gasteiger partial charge in [-0.2, -0.15) is 0 Å². The molecule has 1 aromatic heterocycles. The van der Waals surface area contributed by atoms with Crippen LogP contribution in [0.25, 0.3) is 11.3 Å². The van der Waals surface area contributed by atoms with E-state index in [4.69, 9.17) is 0 Å². The molecule has 20 heavy (non-hydrogen) atoms. The molecule has 0 radical (unpaired) electrons. The van der Waals surface area contributed by atoms with Crippen molar-refractivity contribution in [3.63, 3.8) is 0 Å². The van der Waals surface area contributed by atoms with Crippen LogP contribution in [0, 0.1) is 20.8 Å². The molecule has 0 unspecified atom stereocenters. The third-order valence-corrected chi connectivity index (χ3v) is 3.64. The Bertz CT molecular complexity index is 706. The number of hydrogen-bond acceptors (Lipinski definition) is 2. The van der Waals surface area contributed by atoms with Crippen LogP contribution in [0.3, 0.4) is 0 Å². The van der Waals surface area contributed by atoms with Gasteiger partial charge in [0.2, 0.25) is 0 Å². The summed E-state index contributed by atoms with van der Waals surface area (Å²) in [7, 11) is 0. The van der Waals surface area contributed by atoms with Crippen molar-refractivity contribution < 1.29 is 0 Å². The smallest absolute Gasteiger partial charge is 0.254 e. The molecule has 0 fully saturated rings. The Labute approximate surface area is 120 Å². The van der Waals surface area contributed by atoms with E-state index >= 15 is 0 Å². The van der Waals surface area contributed by atoms with E-state index in [0.717, 1.165) is 17.1 Å². The first-order chi connectivity index (χ1) is 9.20. The third kappa shape index (κ3) is 2.67. The predicted molar refractivity (Wildman–Crippen MR) is 83.2 cm³/mol. The molecule has 0 bridgehead atoms. The third-order valence-electron chi connectivity index (χ3n) is 3.64. The molecule has 0 saturated carbocycles. The van der Waals surface area contributed by atoms with Gasteiger partial charge in [-0.1, -0.05) is 32.9 Å². The summed E-state index contributed by atoms with van der Waals surface area (Å²) in [5.41, 5.74) is 4.67. The van der Waals surface area contributed by atoms with E-state index in [1.807, 2.05) is 33.8 Å². The highest BCUT2D eigenvalue weighted by molar-refractivity contribution is 5.64. The van der Waals surface area contributed by atoms with E-state index < -0.39 is 0 Å². The van der Waals surface area contributed by atoms with Gasteiger partial charge in [-0.25, -0.2) is 4.98 Å². The number of aromatic amines is 1. The van der Waals surface area contributed by atoms with E-state index in [1.54, 1.807) is 0 Å². The Kier molecular flexibility index (Phi) is 3.55. The van der Waals surface area contributed by atoms with Gasteiger partial charge in [-0.3, -0.25) is 4.79 Å². The first-order valence-electron chi connectivity index (χ1n) is 6.89. The highest BCUT2D eigenvalue weighted by atomic mass is 16.1. The maximum atomic E-state index is 12.1. The van der Waals surface area contributed by atoms with Crippen LogP contribution in [0.4, 0.5) is 0 Å². The van der Waals surface area contributed by atoms with Crippen LogP contribution in [0.1, 0.15) is 43.3 Å². The summed E-state index contributed by atoms with van der Waals surface area (Å²) in [4.78, 5) is 19.7. The molecule has 0 atom stereocenters. The molecule has 106 valence electrons. The second-order valence-electron chi connectivity index (χ2n) is 6.44. The quantitative estimate of drug-likeness (QED) is 0.859. The zero-order valence-corrected chi connectivity index (χ0v) is 13.1. The molecular formula is C17H22N2O. The monoisotopic (exact) mass is 270 g/mol. The summed E-state index contributed by atoms with van der Waals surface area (Å²) in [5, 5.41) is 0. The van der Waals surface area contributed by atoms with Crippen LogP contribution >= 0.6 is 0 Å². The first kappa shape index (κ1) is 14.5. The van der Waals surface area contributed by atoms with Crippen molar-refractivity contribution in [2.45, 2.75) is 47.0 Å². The fourth-order valence-electron chi connectivity index (χ4n) is 2.06. The Hall–Kier alpha value is -1.90.